The van der Waals surface area contributed by atoms with Gasteiger partial charge in [0.2, 0.25) is 0 Å². The third-order valence-electron chi connectivity index (χ3n) is 6.10. The van der Waals surface area contributed by atoms with Gasteiger partial charge in [-0.3, -0.25) is 20.4 Å². The maximum atomic E-state index is 13.2. The molecule has 1 aromatic rings. The van der Waals surface area contributed by atoms with Crippen LogP contribution in [-0.2, 0) is 0 Å². The molecule has 4 heterocycles. The summed E-state index contributed by atoms with van der Waals surface area (Å²) in [5.41, 5.74) is 7.09. The lowest BCUT2D eigenvalue weighted by molar-refractivity contribution is 0.0625. The quantitative estimate of drug-likeness (QED) is 0.816. The number of amides is 2. The number of piperidine rings is 2. The van der Waals surface area contributed by atoms with E-state index in [2.05, 4.69) is 27.7 Å². The Bertz CT molecular complexity index is 699. The number of rotatable bonds is 3. The van der Waals surface area contributed by atoms with Gasteiger partial charge in [0.1, 0.15) is 0 Å². The van der Waals surface area contributed by atoms with E-state index in [0.29, 0.717) is 31.1 Å². The molecular weight excluding hydrogens is 344 g/mol. The fourth-order valence-electron chi connectivity index (χ4n) is 4.53. The number of carbonyl (C=O) groups excluding carboxylic acids is 2. The second-order valence-electron chi connectivity index (χ2n) is 7.72. The first-order chi connectivity index (χ1) is 13.2. The molecule has 146 valence electrons. The molecule has 2 N–H and O–H groups in total. The van der Waals surface area contributed by atoms with Crippen LogP contribution in [0.4, 0.5) is 0 Å². The van der Waals surface area contributed by atoms with Crippen LogP contribution in [0.1, 0.15) is 60.0 Å². The molecule has 27 heavy (non-hydrogen) atoms. The van der Waals surface area contributed by atoms with Gasteiger partial charge in [0, 0.05) is 56.6 Å². The highest BCUT2D eigenvalue weighted by Crippen LogP contribution is 2.27. The van der Waals surface area contributed by atoms with Crippen molar-refractivity contribution in [3.05, 3.63) is 23.8 Å². The van der Waals surface area contributed by atoms with Gasteiger partial charge in [-0.25, -0.2) is 9.97 Å². The van der Waals surface area contributed by atoms with E-state index in [0.717, 1.165) is 45.2 Å². The zero-order chi connectivity index (χ0) is 18.8. The summed E-state index contributed by atoms with van der Waals surface area (Å²) < 4.78 is 0. The minimum atomic E-state index is -0.177. The van der Waals surface area contributed by atoms with Crippen LogP contribution in [-0.4, -0.2) is 69.8 Å². The molecule has 0 saturated carbocycles. The highest BCUT2D eigenvalue weighted by atomic mass is 16.2. The number of hydrogen-bond donors (Lipinski definition) is 2. The Kier molecular flexibility index (Phi) is 5.36. The summed E-state index contributed by atoms with van der Waals surface area (Å²) >= 11 is 0. The Morgan fingerprint density at radius 2 is 1.67 bits per heavy atom. The molecule has 3 aliphatic rings. The van der Waals surface area contributed by atoms with E-state index in [9.17, 15) is 9.59 Å². The van der Waals surface area contributed by atoms with Gasteiger partial charge in [-0.05, 0) is 32.1 Å². The van der Waals surface area contributed by atoms with E-state index in [1.807, 2.05) is 4.90 Å². The number of fused-ring (bicyclic) bond motifs is 1. The Balaban J connectivity index is 1.53. The summed E-state index contributed by atoms with van der Waals surface area (Å²) in [5, 5.41) is 0. The molecule has 0 aliphatic carbocycles. The van der Waals surface area contributed by atoms with Crippen LogP contribution in [0, 0.1) is 5.92 Å². The third-order valence-corrected chi connectivity index (χ3v) is 6.10. The minimum absolute atomic E-state index is 0.170. The van der Waals surface area contributed by atoms with Gasteiger partial charge in [0.25, 0.3) is 11.8 Å². The van der Waals surface area contributed by atoms with Crippen LogP contribution in [0.2, 0.25) is 0 Å². The van der Waals surface area contributed by atoms with Crippen molar-refractivity contribution in [1.29, 1.82) is 0 Å². The molecule has 0 bridgehead atoms. The van der Waals surface area contributed by atoms with Crippen LogP contribution in [0.25, 0.3) is 0 Å². The van der Waals surface area contributed by atoms with Crippen molar-refractivity contribution in [2.24, 2.45) is 5.92 Å². The summed E-state index contributed by atoms with van der Waals surface area (Å²) in [4.78, 5) is 38.3. The average Bonchev–Trinajstić information content (AvgIpc) is 3.15. The first-order valence-corrected chi connectivity index (χ1v) is 10.1. The molecular formula is C19H28N6O2. The SMILES string of the molecule is CCC1NNC2CCN(C(=O)c3nccnc3C(=O)N3CCCCC3)CC12. The number of likely N-dealkylation sites (tertiary alicyclic amines) is 2. The summed E-state index contributed by atoms with van der Waals surface area (Å²) in [5.74, 6) is 0.0333. The van der Waals surface area contributed by atoms with E-state index in [4.69, 9.17) is 0 Å². The molecule has 0 radical (unpaired) electrons. The van der Waals surface area contributed by atoms with Gasteiger partial charge in [0.05, 0.1) is 0 Å². The van der Waals surface area contributed by atoms with E-state index in [1.165, 1.54) is 12.4 Å². The monoisotopic (exact) mass is 372 g/mol. The molecule has 3 aliphatic heterocycles. The molecule has 3 saturated heterocycles. The van der Waals surface area contributed by atoms with Gasteiger partial charge in [0.15, 0.2) is 11.4 Å². The van der Waals surface area contributed by atoms with Gasteiger partial charge in [-0.15, -0.1) is 0 Å². The number of carbonyl (C=O) groups is 2. The lowest BCUT2D eigenvalue weighted by Gasteiger charge is -2.36. The van der Waals surface area contributed by atoms with Crippen molar-refractivity contribution in [1.82, 2.24) is 30.6 Å². The molecule has 8 heteroatoms. The van der Waals surface area contributed by atoms with E-state index in [1.54, 1.807) is 4.90 Å². The molecule has 3 fully saturated rings. The summed E-state index contributed by atoms with van der Waals surface area (Å²) in [6.07, 6.45) is 8.06. The maximum absolute atomic E-state index is 13.2. The number of nitrogens with one attached hydrogen (secondary N) is 2. The Hall–Kier alpha value is -2.06. The highest BCUT2D eigenvalue weighted by molar-refractivity contribution is 6.04. The smallest absolute Gasteiger partial charge is 0.274 e. The highest BCUT2D eigenvalue weighted by Gasteiger charge is 2.41. The van der Waals surface area contributed by atoms with Gasteiger partial charge in [-0.1, -0.05) is 6.92 Å². The second kappa shape index (κ2) is 7.90. The lowest BCUT2D eigenvalue weighted by atomic mass is 9.87. The van der Waals surface area contributed by atoms with Gasteiger partial charge in [-0.2, -0.15) is 0 Å². The van der Waals surface area contributed by atoms with Crippen molar-refractivity contribution in [2.45, 2.75) is 51.1 Å². The minimum Gasteiger partial charge on any atom is -0.337 e. The van der Waals surface area contributed by atoms with E-state index >= 15 is 0 Å². The fourth-order valence-corrected chi connectivity index (χ4v) is 4.53. The molecule has 8 nitrogen and oxygen atoms in total. The van der Waals surface area contributed by atoms with Crippen molar-refractivity contribution in [3.63, 3.8) is 0 Å². The van der Waals surface area contributed by atoms with Gasteiger partial charge >= 0.3 is 0 Å². The zero-order valence-electron chi connectivity index (χ0n) is 15.9. The third kappa shape index (κ3) is 3.55. The molecule has 0 aromatic carbocycles. The molecule has 3 unspecified atom stereocenters. The second-order valence-corrected chi connectivity index (χ2v) is 7.72. The number of aromatic nitrogens is 2. The number of hydrogen-bond acceptors (Lipinski definition) is 6. The van der Waals surface area contributed by atoms with Crippen LogP contribution < -0.4 is 10.9 Å². The maximum Gasteiger partial charge on any atom is 0.274 e. The standard InChI is InChI=1S/C19H28N6O2/c1-2-14-13-12-25(11-6-15(13)23-22-14)19(27)17-16(20-7-8-21-17)18(26)24-9-4-3-5-10-24/h7-8,13-15,22-23H,2-6,9-12H2,1H3. The first-order valence-electron chi connectivity index (χ1n) is 10.1. The van der Waals surface area contributed by atoms with Gasteiger partial charge < -0.3 is 9.80 Å². The lowest BCUT2D eigenvalue weighted by Crippen LogP contribution is -2.49. The zero-order valence-corrected chi connectivity index (χ0v) is 15.9. The molecule has 1 aromatic heterocycles. The van der Waals surface area contributed by atoms with Crippen LogP contribution >= 0.6 is 0 Å². The Labute approximate surface area is 159 Å². The van der Waals surface area contributed by atoms with Crippen molar-refractivity contribution < 1.29 is 9.59 Å². The Morgan fingerprint density at radius 1 is 1.00 bits per heavy atom. The summed E-state index contributed by atoms with van der Waals surface area (Å²) in [6, 6.07) is 0.761. The summed E-state index contributed by atoms with van der Waals surface area (Å²) in [7, 11) is 0. The Morgan fingerprint density at radius 3 is 2.33 bits per heavy atom. The molecule has 4 rings (SSSR count). The summed E-state index contributed by atoms with van der Waals surface area (Å²) in [6.45, 7) is 4.95. The average molecular weight is 372 g/mol. The van der Waals surface area contributed by atoms with Crippen LogP contribution in [0.5, 0.6) is 0 Å². The molecule has 3 atom stereocenters. The largest absolute Gasteiger partial charge is 0.337 e. The van der Waals surface area contributed by atoms with Crippen molar-refractivity contribution >= 4 is 11.8 Å². The molecule has 0 spiro atoms. The van der Waals surface area contributed by atoms with E-state index in [-0.39, 0.29) is 23.2 Å². The predicted octanol–water partition coefficient (Wildman–Crippen LogP) is 0.820. The van der Waals surface area contributed by atoms with Crippen molar-refractivity contribution in [2.75, 3.05) is 26.2 Å². The number of hydrazine groups is 1. The normalized spacial score (nSPS) is 28.1. The van der Waals surface area contributed by atoms with Crippen LogP contribution in [0.15, 0.2) is 12.4 Å². The predicted molar refractivity (Wildman–Crippen MR) is 99.9 cm³/mol. The number of nitrogens with zero attached hydrogens (tertiary/aromatic N) is 4. The van der Waals surface area contributed by atoms with E-state index < -0.39 is 0 Å². The topological polar surface area (TPSA) is 90.5 Å². The van der Waals surface area contributed by atoms with Crippen LogP contribution in [0.3, 0.4) is 0 Å². The molecule has 2 amide bonds. The fraction of sp³-hybridized carbons (Fsp3) is 0.684. The first kappa shape index (κ1) is 18.3. The van der Waals surface area contributed by atoms with Crippen molar-refractivity contribution in [3.8, 4) is 0 Å².